The van der Waals surface area contributed by atoms with E-state index in [1.807, 2.05) is 6.07 Å². The van der Waals surface area contributed by atoms with Crippen molar-refractivity contribution in [2.45, 2.75) is 26.2 Å². The molecule has 0 saturated carbocycles. The van der Waals surface area contributed by atoms with E-state index in [-0.39, 0.29) is 0 Å². The van der Waals surface area contributed by atoms with E-state index in [1.165, 1.54) is 12.8 Å². The first-order valence-electron chi connectivity index (χ1n) is 4.67. The standard InChI is InChI=1S/C10H16N2O/c1-2-3-4-7-13-9-5-6-10(11)12-8-9/h5-6,8H,2-4,7H2,1H3,(H2,11,12). The van der Waals surface area contributed by atoms with Crippen LogP contribution in [0.5, 0.6) is 5.75 Å². The summed E-state index contributed by atoms with van der Waals surface area (Å²) in [4.78, 5) is 3.93. The molecule has 0 aliphatic rings. The molecular formula is C10H16N2O. The van der Waals surface area contributed by atoms with Gasteiger partial charge in [0, 0.05) is 0 Å². The molecule has 0 fully saturated rings. The molecule has 72 valence electrons. The number of hydrogen-bond acceptors (Lipinski definition) is 3. The Morgan fingerprint density at radius 1 is 1.38 bits per heavy atom. The number of nitrogen functional groups attached to an aromatic ring is 1. The van der Waals surface area contributed by atoms with Crippen LogP contribution in [-0.2, 0) is 0 Å². The second-order valence-electron chi connectivity index (χ2n) is 2.97. The number of rotatable bonds is 5. The van der Waals surface area contributed by atoms with Crippen LogP contribution in [0.15, 0.2) is 18.3 Å². The van der Waals surface area contributed by atoms with Crippen molar-refractivity contribution in [2.24, 2.45) is 0 Å². The molecule has 0 aliphatic carbocycles. The van der Waals surface area contributed by atoms with Crippen molar-refractivity contribution in [1.82, 2.24) is 4.98 Å². The molecule has 0 spiro atoms. The van der Waals surface area contributed by atoms with E-state index in [2.05, 4.69) is 11.9 Å². The molecule has 13 heavy (non-hydrogen) atoms. The Bertz CT molecular complexity index is 233. The van der Waals surface area contributed by atoms with Gasteiger partial charge in [0.05, 0.1) is 12.8 Å². The minimum atomic E-state index is 0.529. The predicted octanol–water partition coefficient (Wildman–Crippen LogP) is 2.23. The van der Waals surface area contributed by atoms with Gasteiger partial charge < -0.3 is 10.5 Å². The molecule has 3 nitrogen and oxygen atoms in total. The van der Waals surface area contributed by atoms with Crippen LogP contribution in [0.4, 0.5) is 5.82 Å². The SMILES string of the molecule is CCCCCOc1ccc(N)nc1. The molecule has 0 radical (unpaired) electrons. The molecular weight excluding hydrogens is 164 g/mol. The summed E-state index contributed by atoms with van der Waals surface area (Å²) in [7, 11) is 0. The average Bonchev–Trinajstić information content (AvgIpc) is 2.15. The van der Waals surface area contributed by atoms with Crippen molar-refractivity contribution < 1.29 is 4.74 Å². The topological polar surface area (TPSA) is 48.1 Å². The van der Waals surface area contributed by atoms with Crippen molar-refractivity contribution in [2.75, 3.05) is 12.3 Å². The molecule has 2 N–H and O–H groups in total. The third-order valence-corrected chi connectivity index (χ3v) is 1.78. The molecule has 0 atom stereocenters. The molecule has 0 aliphatic heterocycles. The number of unbranched alkanes of at least 4 members (excludes halogenated alkanes) is 2. The molecule has 1 aromatic heterocycles. The Morgan fingerprint density at radius 3 is 2.85 bits per heavy atom. The minimum absolute atomic E-state index is 0.529. The fraction of sp³-hybridized carbons (Fsp3) is 0.500. The van der Waals surface area contributed by atoms with Gasteiger partial charge in [-0.3, -0.25) is 0 Å². The van der Waals surface area contributed by atoms with Crippen LogP contribution in [-0.4, -0.2) is 11.6 Å². The van der Waals surface area contributed by atoms with Crippen molar-refractivity contribution in [3.05, 3.63) is 18.3 Å². The zero-order chi connectivity index (χ0) is 9.52. The van der Waals surface area contributed by atoms with Crippen LogP contribution in [0.1, 0.15) is 26.2 Å². The quantitative estimate of drug-likeness (QED) is 0.707. The molecule has 1 aromatic rings. The Kier molecular flexibility index (Phi) is 4.09. The van der Waals surface area contributed by atoms with Gasteiger partial charge in [0.15, 0.2) is 0 Å². The smallest absolute Gasteiger partial charge is 0.137 e. The summed E-state index contributed by atoms with van der Waals surface area (Å²) in [6.07, 6.45) is 5.17. The molecule has 0 unspecified atom stereocenters. The first kappa shape index (κ1) is 9.84. The fourth-order valence-electron chi connectivity index (χ4n) is 1.02. The van der Waals surface area contributed by atoms with Gasteiger partial charge in [0.25, 0.3) is 0 Å². The normalized spacial score (nSPS) is 9.92. The summed E-state index contributed by atoms with van der Waals surface area (Å²) in [5.74, 6) is 1.33. The van der Waals surface area contributed by atoms with Gasteiger partial charge in [-0.05, 0) is 18.6 Å². The first-order valence-corrected chi connectivity index (χ1v) is 4.67. The molecule has 0 aromatic carbocycles. The number of nitrogens with two attached hydrogens (primary N) is 1. The van der Waals surface area contributed by atoms with Gasteiger partial charge in [0.1, 0.15) is 11.6 Å². The lowest BCUT2D eigenvalue weighted by atomic mass is 10.3. The molecule has 3 heteroatoms. The maximum atomic E-state index is 5.44. The monoisotopic (exact) mass is 180 g/mol. The van der Waals surface area contributed by atoms with E-state index in [0.717, 1.165) is 18.8 Å². The predicted molar refractivity (Wildman–Crippen MR) is 53.7 cm³/mol. The largest absolute Gasteiger partial charge is 0.492 e. The Morgan fingerprint density at radius 2 is 2.23 bits per heavy atom. The number of anilines is 1. The lowest BCUT2D eigenvalue weighted by Gasteiger charge is -2.04. The highest BCUT2D eigenvalue weighted by atomic mass is 16.5. The highest BCUT2D eigenvalue weighted by Gasteiger charge is 1.93. The van der Waals surface area contributed by atoms with Gasteiger partial charge in [-0.15, -0.1) is 0 Å². The third kappa shape index (κ3) is 3.78. The van der Waals surface area contributed by atoms with E-state index >= 15 is 0 Å². The van der Waals surface area contributed by atoms with Crippen LogP contribution in [0.2, 0.25) is 0 Å². The van der Waals surface area contributed by atoms with E-state index in [1.54, 1.807) is 12.3 Å². The van der Waals surface area contributed by atoms with Crippen molar-refractivity contribution >= 4 is 5.82 Å². The van der Waals surface area contributed by atoms with E-state index in [0.29, 0.717) is 5.82 Å². The lowest BCUT2D eigenvalue weighted by Crippen LogP contribution is -1.98. The van der Waals surface area contributed by atoms with E-state index < -0.39 is 0 Å². The van der Waals surface area contributed by atoms with Crippen LogP contribution in [0.3, 0.4) is 0 Å². The van der Waals surface area contributed by atoms with Gasteiger partial charge in [-0.25, -0.2) is 4.98 Å². The number of ether oxygens (including phenoxy) is 1. The third-order valence-electron chi connectivity index (χ3n) is 1.78. The van der Waals surface area contributed by atoms with Crippen LogP contribution in [0.25, 0.3) is 0 Å². The minimum Gasteiger partial charge on any atom is -0.492 e. The van der Waals surface area contributed by atoms with Gasteiger partial charge in [-0.1, -0.05) is 19.8 Å². The maximum absolute atomic E-state index is 5.44. The number of nitrogens with zero attached hydrogens (tertiary/aromatic N) is 1. The number of hydrogen-bond donors (Lipinski definition) is 1. The number of pyridine rings is 1. The van der Waals surface area contributed by atoms with Crippen LogP contribution >= 0.6 is 0 Å². The van der Waals surface area contributed by atoms with Gasteiger partial charge in [-0.2, -0.15) is 0 Å². The summed E-state index contributed by atoms with van der Waals surface area (Å²) in [5.41, 5.74) is 5.44. The van der Waals surface area contributed by atoms with E-state index in [9.17, 15) is 0 Å². The lowest BCUT2D eigenvalue weighted by molar-refractivity contribution is 0.305. The Hall–Kier alpha value is -1.25. The maximum Gasteiger partial charge on any atom is 0.137 e. The van der Waals surface area contributed by atoms with Gasteiger partial charge >= 0.3 is 0 Å². The zero-order valence-electron chi connectivity index (χ0n) is 7.99. The average molecular weight is 180 g/mol. The van der Waals surface area contributed by atoms with Crippen molar-refractivity contribution in [3.63, 3.8) is 0 Å². The van der Waals surface area contributed by atoms with Crippen molar-refractivity contribution in [1.29, 1.82) is 0 Å². The van der Waals surface area contributed by atoms with Crippen molar-refractivity contribution in [3.8, 4) is 5.75 Å². The Labute approximate surface area is 78.9 Å². The second kappa shape index (κ2) is 5.41. The summed E-state index contributed by atoms with van der Waals surface area (Å²) >= 11 is 0. The molecule has 1 rings (SSSR count). The zero-order valence-corrected chi connectivity index (χ0v) is 7.99. The number of aromatic nitrogens is 1. The molecule has 1 heterocycles. The summed E-state index contributed by atoms with van der Waals surface area (Å²) in [6, 6.07) is 3.59. The molecule has 0 saturated heterocycles. The van der Waals surface area contributed by atoms with E-state index in [4.69, 9.17) is 10.5 Å². The molecule has 0 amide bonds. The first-order chi connectivity index (χ1) is 6.33. The highest BCUT2D eigenvalue weighted by molar-refractivity contribution is 5.31. The summed E-state index contributed by atoms with van der Waals surface area (Å²) < 4.78 is 5.44. The summed E-state index contributed by atoms with van der Waals surface area (Å²) in [6.45, 7) is 2.93. The Balaban J connectivity index is 2.25. The van der Waals surface area contributed by atoms with Crippen LogP contribution < -0.4 is 10.5 Å². The van der Waals surface area contributed by atoms with Gasteiger partial charge in [0.2, 0.25) is 0 Å². The second-order valence-corrected chi connectivity index (χ2v) is 2.97. The fourth-order valence-corrected chi connectivity index (χ4v) is 1.02. The van der Waals surface area contributed by atoms with Crippen LogP contribution in [0, 0.1) is 0 Å². The highest BCUT2D eigenvalue weighted by Crippen LogP contribution is 2.10. The molecule has 0 bridgehead atoms. The summed E-state index contributed by atoms with van der Waals surface area (Å²) in [5, 5.41) is 0.